The van der Waals surface area contributed by atoms with E-state index in [1.54, 1.807) is 12.3 Å². The summed E-state index contributed by atoms with van der Waals surface area (Å²) >= 11 is -1.02. The van der Waals surface area contributed by atoms with Crippen molar-refractivity contribution in [2.75, 3.05) is 6.26 Å². The Morgan fingerprint density at radius 3 is 2.48 bits per heavy atom. The van der Waals surface area contributed by atoms with Crippen molar-refractivity contribution in [3.8, 4) is 0 Å². The molecule has 0 radical (unpaired) electrons. The van der Waals surface area contributed by atoms with Crippen LogP contribution in [0.25, 0.3) is 17.2 Å². The maximum absolute atomic E-state index is 13.7. The monoisotopic (exact) mass is 355 g/mol. The zero-order valence-electron chi connectivity index (χ0n) is 14.0. The molecule has 1 atom stereocenters. The lowest BCUT2D eigenvalue weighted by Crippen LogP contribution is -2.10. The van der Waals surface area contributed by atoms with Gasteiger partial charge in [0, 0.05) is 0 Å². The topological polar surface area (TPSA) is 66.2 Å². The van der Waals surface area contributed by atoms with Crippen LogP contribution in [0.3, 0.4) is 0 Å². The second kappa shape index (κ2) is 6.86. The summed E-state index contributed by atoms with van der Waals surface area (Å²) in [5, 5.41) is 0. The number of benzene rings is 2. The maximum Gasteiger partial charge on any atom is 0.221 e. The van der Waals surface area contributed by atoms with Crippen molar-refractivity contribution in [2.45, 2.75) is 18.2 Å². The van der Waals surface area contributed by atoms with E-state index in [0.717, 1.165) is 32.7 Å². The van der Waals surface area contributed by atoms with E-state index in [1.165, 1.54) is 12.1 Å². The number of allylic oxidation sites excluding steroid dienone is 2. The molecule has 0 saturated heterocycles. The molecule has 0 aromatic heterocycles. The Hall–Kier alpha value is -2.37. The van der Waals surface area contributed by atoms with E-state index in [4.69, 9.17) is 5.73 Å². The molecule has 0 saturated carbocycles. The third-order valence-corrected chi connectivity index (χ3v) is 5.26. The fraction of sp³-hybridized carbons (Fsp3) is 0.150. The Bertz CT molecular complexity index is 898. The molecule has 0 spiro atoms. The number of halogens is 1. The molecule has 3 nitrogen and oxygen atoms in total. The van der Waals surface area contributed by atoms with Crippen LogP contribution in [0.2, 0.25) is 0 Å². The molecule has 1 aliphatic rings. The molecular formula is C20H18FNO2S. The lowest BCUT2D eigenvalue weighted by Gasteiger charge is -2.06. The van der Waals surface area contributed by atoms with Crippen LogP contribution < -0.4 is 5.73 Å². The second-order valence-electron chi connectivity index (χ2n) is 6.02. The van der Waals surface area contributed by atoms with Gasteiger partial charge in [0.15, 0.2) is 4.90 Å². The first kappa shape index (κ1) is 17.5. The SMILES string of the molecule is CC1=C(CC(N)=O)c2cc(F)ccc2/C1=C/c1ccc([S+](C)[O-])cc1. The Kier molecular flexibility index (Phi) is 4.79. The average molecular weight is 355 g/mol. The van der Waals surface area contributed by atoms with Gasteiger partial charge in [-0.2, -0.15) is 0 Å². The van der Waals surface area contributed by atoms with Crippen molar-refractivity contribution in [3.05, 3.63) is 70.5 Å². The van der Waals surface area contributed by atoms with Crippen molar-refractivity contribution in [1.82, 2.24) is 0 Å². The number of carbonyl (C=O) groups excluding carboxylic acids is 1. The zero-order valence-corrected chi connectivity index (χ0v) is 14.8. The fourth-order valence-electron chi connectivity index (χ4n) is 3.08. The average Bonchev–Trinajstić information content (AvgIpc) is 2.80. The fourth-order valence-corrected chi connectivity index (χ4v) is 3.60. The van der Waals surface area contributed by atoms with E-state index in [9.17, 15) is 13.7 Å². The highest BCUT2D eigenvalue weighted by Gasteiger charge is 2.25. The maximum atomic E-state index is 13.7. The van der Waals surface area contributed by atoms with E-state index in [2.05, 4.69) is 0 Å². The highest BCUT2D eigenvalue weighted by atomic mass is 32.2. The number of amides is 1. The number of hydrogen-bond donors (Lipinski definition) is 1. The van der Waals surface area contributed by atoms with Gasteiger partial charge in [0.2, 0.25) is 5.91 Å². The molecule has 1 amide bonds. The lowest BCUT2D eigenvalue weighted by atomic mass is 10.0. The molecule has 2 aromatic rings. The molecule has 0 aliphatic heterocycles. The van der Waals surface area contributed by atoms with Crippen LogP contribution in [0.15, 0.2) is 52.9 Å². The van der Waals surface area contributed by atoms with Crippen molar-refractivity contribution >= 4 is 34.3 Å². The van der Waals surface area contributed by atoms with Gasteiger partial charge in [-0.05, 0) is 94.0 Å². The third-order valence-electron chi connectivity index (χ3n) is 4.33. The Morgan fingerprint density at radius 1 is 1.20 bits per heavy atom. The summed E-state index contributed by atoms with van der Waals surface area (Å²) in [5.41, 5.74) is 10.5. The number of rotatable bonds is 4. The Labute approximate surface area is 149 Å². The standard InChI is InChI=1S/C20H18FNO2S/c1-12-17(9-13-3-6-15(7-4-13)25(2)24)16-8-5-14(21)10-19(16)18(12)11-20(22)23/h3-10H,11H2,1-2H3,(H2,22,23)/b17-9+. The van der Waals surface area contributed by atoms with Crippen molar-refractivity contribution in [1.29, 1.82) is 0 Å². The summed E-state index contributed by atoms with van der Waals surface area (Å²) in [5.74, 6) is -0.787. The molecule has 2 N–H and O–H groups in total. The van der Waals surface area contributed by atoms with E-state index in [1.807, 2.05) is 37.3 Å². The number of hydrogen-bond acceptors (Lipinski definition) is 2. The summed E-state index contributed by atoms with van der Waals surface area (Å²) in [6, 6.07) is 12.0. The van der Waals surface area contributed by atoms with Crippen molar-refractivity contribution in [2.24, 2.45) is 5.73 Å². The molecule has 3 rings (SSSR count). The van der Waals surface area contributed by atoms with E-state index in [-0.39, 0.29) is 12.2 Å². The van der Waals surface area contributed by atoms with Crippen LogP contribution in [-0.4, -0.2) is 16.7 Å². The van der Waals surface area contributed by atoms with Crippen molar-refractivity contribution < 1.29 is 13.7 Å². The van der Waals surface area contributed by atoms with Gasteiger partial charge < -0.3 is 10.3 Å². The van der Waals surface area contributed by atoms with E-state index >= 15 is 0 Å². The zero-order chi connectivity index (χ0) is 18.1. The Balaban J connectivity index is 2.09. The van der Waals surface area contributed by atoms with Crippen LogP contribution in [-0.2, 0) is 16.0 Å². The minimum atomic E-state index is -1.02. The number of primary amides is 1. The number of nitrogens with two attached hydrogens (primary N) is 1. The van der Waals surface area contributed by atoms with Gasteiger partial charge in [-0.1, -0.05) is 6.07 Å². The van der Waals surface area contributed by atoms with Crippen LogP contribution in [0, 0.1) is 5.82 Å². The molecule has 0 heterocycles. The van der Waals surface area contributed by atoms with E-state index in [0.29, 0.717) is 5.56 Å². The first-order valence-electron chi connectivity index (χ1n) is 7.80. The molecule has 1 aliphatic carbocycles. The minimum absolute atomic E-state index is 0.0768. The molecule has 25 heavy (non-hydrogen) atoms. The van der Waals surface area contributed by atoms with E-state index < -0.39 is 17.1 Å². The van der Waals surface area contributed by atoms with Gasteiger partial charge in [0.1, 0.15) is 12.1 Å². The predicted octanol–water partition coefficient (Wildman–Crippen LogP) is 3.77. The van der Waals surface area contributed by atoms with Gasteiger partial charge >= 0.3 is 0 Å². The normalized spacial score (nSPS) is 16.2. The number of carbonyl (C=O) groups is 1. The number of fused-ring (bicyclic) bond motifs is 1. The first-order chi connectivity index (χ1) is 11.9. The molecule has 0 fully saturated rings. The van der Waals surface area contributed by atoms with Gasteiger partial charge in [-0.25, -0.2) is 4.39 Å². The van der Waals surface area contributed by atoms with Gasteiger partial charge in [0.05, 0.1) is 6.42 Å². The van der Waals surface area contributed by atoms with Crippen LogP contribution in [0.1, 0.15) is 30.0 Å². The van der Waals surface area contributed by atoms with Gasteiger partial charge in [-0.3, -0.25) is 4.79 Å². The van der Waals surface area contributed by atoms with Crippen LogP contribution in [0.5, 0.6) is 0 Å². The summed E-state index contributed by atoms with van der Waals surface area (Å²) in [4.78, 5) is 12.2. The quantitative estimate of drug-likeness (QED) is 0.849. The molecular weight excluding hydrogens is 337 g/mol. The Morgan fingerprint density at radius 2 is 1.88 bits per heavy atom. The minimum Gasteiger partial charge on any atom is -0.612 e. The molecule has 2 aromatic carbocycles. The predicted molar refractivity (Wildman–Crippen MR) is 99.5 cm³/mol. The lowest BCUT2D eigenvalue weighted by molar-refractivity contribution is -0.117. The largest absolute Gasteiger partial charge is 0.612 e. The highest BCUT2D eigenvalue weighted by Crippen LogP contribution is 2.43. The van der Waals surface area contributed by atoms with Crippen LogP contribution >= 0.6 is 0 Å². The molecule has 5 heteroatoms. The third kappa shape index (κ3) is 3.52. The van der Waals surface area contributed by atoms with Crippen molar-refractivity contribution in [3.63, 3.8) is 0 Å². The molecule has 128 valence electrons. The highest BCUT2D eigenvalue weighted by molar-refractivity contribution is 7.90. The summed E-state index contributed by atoms with van der Waals surface area (Å²) < 4.78 is 25.2. The van der Waals surface area contributed by atoms with Crippen LogP contribution in [0.4, 0.5) is 4.39 Å². The summed E-state index contributed by atoms with van der Waals surface area (Å²) in [7, 11) is 0. The molecule has 1 unspecified atom stereocenters. The second-order valence-corrected chi connectivity index (χ2v) is 7.40. The first-order valence-corrected chi connectivity index (χ1v) is 9.36. The summed E-state index contributed by atoms with van der Waals surface area (Å²) in [6.45, 7) is 1.91. The molecule has 0 bridgehead atoms. The van der Waals surface area contributed by atoms with Gasteiger partial charge in [-0.15, -0.1) is 0 Å². The summed E-state index contributed by atoms with van der Waals surface area (Å²) in [6.07, 6.45) is 3.70. The smallest absolute Gasteiger partial charge is 0.221 e. The van der Waals surface area contributed by atoms with Gasteiger partial charge in [0.25, 0.3) is 0 Å².